The molecule has 212 valence electrons. The van der Waals surface area contributed by atoms with Crippen LogP contribution in [0.4, 0.5) is 4.79 Å². The summed E-state index contributed by atoms with van der Waals surface area (Å²) in [5.41, 5.74) is 1.35. The second-order valence-electron chi connectivity index (χ2n) is 9.18. The predicted molar refractivity (Wildman–Crippen MR) is 143 cm³/mol. The van der Waals surface area contributed by atoms with Gasteiger partial charge in [-0.15, -0.1) is 0 Å². The van der Waals surface area contributed by atoms with Gasteiger partial charge in [0.05, 0.1) is 19.1 Å². The number of hydrogen-bond acceptors (Lipinski definition) is 9. The number of rotatable bonds is 15. The summed E-state index contributed by atoms with van der Waals surface area (Å²) in [5, 5.41) is 8.74. The Labute approximate surface area is 232 Å². The number of allylic oxidation sites excluding steroid dienone is 1. The van der Waals surface area contributed by atoms with Crippen LogP contribution in [0.25, 0.3) is 0 Å². The van der Waals surface area contributed by atoms with E-state index in [1.807, 2.05) is 0 Å². The van der Waals surface area contributed by atoms with Crippen molar-refractivity contribution in [3.8, 4) is 0 Å². The van der Waals surface area contributed by atoms with E-state index >= 15 is 0 Å². The van der Waals surface area contributed by atoms with Crippen LogP contribution in [-0.2, 0) is 39.8 Å². The zero-order valence-corrected chi connectivity index (χ0v) is 22.3. The van der Waals surface area contributed by atoms with E-state index in [9.17, 15) is 24.0 Å². The molecule has 10 heteroatoms. The molecule has 1 fully saturated rings. The third-order valence-corrected chi connectivity index (χ3v) is 6.23. The number of imide groups is 1. The normalized spacial score (nSPS) is 16.4. The molecule has 40 heavy (non-hydrogen) atoms. The van der Waals surface area contributed by atoms with E-state index < -0.39 is 41.8 Å². The molecule has 1 heterocycles. The zero-order chi connectivity index (χ0) is 28.9. The molecule has 10 nitrogen and oxygen atoms in total. The maximum atomic E-state index is 14.0. The van der Waals surface area contributed by atoms with Crippen LogP contribution in [0.3, 0.4) is 0 Å². The number of nitrogens with zero attached hydrogens (tertiary/aromatic N) is 1. The predicted octanol–water partition coefficient (Wildman–Crippen LogP) is 2.98. The average molecular weight is 552 g/mol. The minimum Gasteiger partial charge on any atom is -0.453 e. The van der Waals surface area contributed by atoms with Gasteiger partial charge in [-0.25, -0.2) is 9.69 Å². The van der Waals surface area contributed by atoms with Gasteiger partial charge in [0, 0.05) is 20.0 Å². The van der Waals surface area contributed by atoms with Gasteiger partial charge in [0.15, 0.2) is 17.7 Å². The van der Waals surface area contributed by atoms with Gasteiger partial charge >= 0.3 is 12.1 Å². The highest BCUT2D eigenvalue weighted by molar-refractivity contribution is 6.04. The Morgan fingerprint density at radius 1 is 1.02 bits per heavy atom. The Balaban J connectivity index is 1.88. The third-order valence-electron chi connectivity index (χ3n) is 6.23. The second-order valence-corrected chi connectivity index (χ2v) is 9.18. The maximum Gasteiger partial charge on any atom is 0.417 e. The molecule has 2 aromatic rings. The zero-order valence-electron chi connectivity index (χ0n) is 22.3. The van der Waals surface area contributed by atoms with E-state index in [2.05, 4.69) is 0 Å². The molecule has 0 aromatic heterocycles. The lowest BCUT2D eigenvalue weighted by molar-refractivity contribution is -0.158. The molecule has 1 N–H and O–H groups in total. The largest absolute Gasteiger partial charge is 0.453 e. The highest BCUT2D eigenvalue weighted by Crippen LogP contribution is 2.31. The number of aliphatic hydroxyl groups is 1. The minimum absolute atomic E-state index is 0.0152. The fraction of sp³-hybridized carbons (Fsp3) is 0.367. The smallest absolute Gasteiger partial charge is 0.417 e. The van der Waals surface area contributed by atoms with Crippen molar-refractivity contribution < 1.29 is 43.3 Å². The maximum absolute atomic E-state index is 14.0. The fourth-order valence-electron chi connectivity index (χ4n) is 4.34. The Hall–Kier alpha value is -4.15. The highest BCUT2D eigenvalue weighted by Gasteiger charge is 2.46. The summed E-state index contributed by atoms with van der Waals surface area (Å²) < 4.78 is 15.7. The molecule has 0 saturated carbocycles. The molecule has 3 atom stereocenters. The van der Waals surface area contributed by atoms with Gasteiger partial charge in [-0.3, -0.25) is 19.2 Å². The van der Waals surface area contributed by atoms with Crippen LogP contribution in [0.2, 0.25) is 0 Å². The van der Waals surface area contributed by atoms with Crippen LogP contribution >= 0.6 is 0 Å². The first kappa shape index (κ1) is 30.4. The number of aliphatic hydroxyl groups excluding tert-OH is 1. The number of amides is 2. The number of ketones is 2. The van der Waals surface area contributed by atoms with E-state index in [1.54, 1.807) is 60.7 Å². The summed E-state index contributed by atoms with van der Waals surface area (Å²) in [6.45, 7) is 1.37. The molecule has 2 amide bonds. The van der Waals surface area contributed by atoms with Crippen LogP contribution in [0, 0.1) is 5.92 Å². The van der Waals surface area contributed by atoms with Crippen molar-refractivity contribution in [2.24, 2.45) is 5.92 Å². The summed E-state index contributed by atoms with van der Waals surface area (Å²) in [7, 11) is 0. The molecular weight excluding hydrogens is 518 g/mol. The van der Waals surface area contributed by atoms with E-state index in [0.29, 0.717) is 17.5 Å². The highest BCUT2D eigenvalue weighted by atomic mass is 16.6. The van der Waals surface area contributed by atoms with Crippen LogP contribution in [0.15, 0.2) is 72.8 Å². The summed E-state index contributed by atoms with van der Waals surface area (Å²) in [4.78, 5) is 65.4. The van der Waals surface area contributed by atoms with Gasteiger partial charge in [0.25, 0.3) is 0 Å². The third kappa shape index (κ3) is 8.69. The van der Waals surface area contributed by atoms with Crippen LogP contribution in [0.1, 0.15) is 36.9 Å². The van der Waals surface area contributed by atoms with Crippen molar-refractivity contribution in [2.75, 3.05) is 26.4 Å². The number of ether oxygens (including phenoxy) is 3. The van der Waals surface area contributed by atoms with Gasteiger partial charge in [-0.2, -0.15) is 0 Å². The first-order valence-corrected chi connectivity index (χ1v) is 13.0. The lowest BCUT2D eigenvalue weighted by atomic mass is 9.89. The number of esters is 1. The first-order valence-electron chi connectivity index (χ1n) is 13.0. The first-order chi connectivity index (χ1) is 19.3. The van der Waals surface area contributed by atoms with Gasteiger partial charge in [0.1, 0.15) is 12.6 Å². The number of carbonyl (C=O) groups is 5. The van der Waals surface area contributed by atoms with Crippen molar-refractivity contribution in [3.63, 3.8) is 0 Å². The van der Waals surface area contributed by atoms with Crippen molar-refractivity contribution >= 4 is 29.5 Å². The second kappa shape index (κ2) is 15.4. The lowest BCUT2D eigenvalue weighted by Crippen LogP contribution is -2.47. The molecule has 0 bridgehead atoms. The number of hydrogen-bond donors (Lipinski definition) is 1. The summed E-state index contributed by atoms with van der Waals surface area (Å²) in [6.07, 6.45) is 0.0831. The molecule has 3 unspecified atom stereocenters. The summed E-state index contributed by atoms with van der Waals surface area (Å²) in [6, 6.07) is 17.0. The van der Waals surface area contributed by atoms with Crippen molar-refractivity contribution in [2.45, 2.75) is 38.3 Å². The molecule has 2 aromatic carbocycles. The van der Waals surface area contributed by atoms with E-state index in [-0.39, 0.29) is 45.1 Å². The fourth-order valence-corrected chi connectivity index (χ4v) is 4.34. The van der Waals surface area contributed by atoms with Crippen molar-refractivity contribution in [3.05, 3.63) is 83.9 Å². The summed E-state index contributed by atoms with van der Waals surface area (Å²) in [5.74, 6) is -3.93. The molecule has 1 saturated heterocycles. The average Bonchev–Trinajstić information content (AvgIpc) is 3.35. The number of benzene rings is 2. The van der Waals surface area contributed by atoms with E-state index in [4.69, 9.17) is 19.3 Å². The molecule has 3 rings (SSSR count). The number of cyclic esters (lactones) is 1. The van der Waals surface area contributed by atoms with E-state index in [1.165, 1.54) is 0 Å². The lowest BCUT2D eigenvalue weighted by Gasteiger charge is -2.29. The molecule has 0 spiro atoms. The van der Waals surface area contributed by atoms with Gasteiger partial charge in [-0.1, -0.05) is 60.7 Å². The van der Waals surface area contributed by atoms with Crippen molar-refractivity contribution in [1.29, 1.82) is 0 Å². The molecule has 1 aliphatic heterocycles. The topological polar surface area (TPSA) is 137 Å². The SMILES string of the molecule is CC(=O)OC(C(=O)C=CC(=O)CCCOCCO)C(Cc1ccccc1)C(=O)N1C(=O)OCC1c1ccccc1. The monoisotopic (exact) mass is 551 g/mol. The molecule has 0 radical (unpaired) electrons. The minimum atomic E-state index is -1.59. The number of carbonyl (C=O) groups excluding carboxylic acids is 5. The molecule has 0 aliphatic carbocycles. The Morgan fingerprint density at radius 3 is 2.35 bits per heavy atom. The Kier molecular flexibility index (Phi) is 11.7. The van der Waals surface area contributed by atoms with E-state index in [0.717, 1.165) is 24.0 Å². The Bertz CT molecular complexity index is 1200. The van der Waals surface area contributed by atoms with Gasteiger partial charge in [0.2, 0.25) is 5.91 Å². The summed E-state index contributed by atoms with van der Waals surface area (Å²) >= 11 is 0. The van der Waals surface area contributed by atoms with Crippen LogP contribution < -0.4 is 0 Å². The Morgan fingerprint density at radius 2 is 1.70 bits per heavy atom. The molecule has 1 aliphatic rings. The quantitative estimate of drug-likeness (QED) is 0.201. The standard InChI is InChI=1S/C30H33NO9/c1-21(33)40-28(27(35)15-14-24(34)13-8-17-38-18-16-32)25(19-22-9-4-2-5-10-22)29(36)31-26(20-39-30(31)37)23-11-6-3-7-12-23/h2-7,9-12,14-15,25-26,28,32H,8,13,16-20H2,1H3. The van der Waals surface area contributed by atoms with Gasteiger partial charge < -0.3 is 19.3 Å². The van der Waals surface area contributed by atoms with Gasteiger partial charge in [-0.05, 0) is 36.1 Å². The van der Waals surface area contributed by atoms with Crippen molar-refractivity contribution in [1.82, 2.24) is 4.90 Å². The molecular formula is C30H33NO9. The van der Waals surface area contributed by atoms with Crippen LogP contribution in [-0.4, -0.2) is 72.1 Å². The van der Waals surface area contributed by atoms with Crippen LogP contribution in [0.5, 0.6) is 0 Å².